The number of carbonyl (C=O) groups excluding carboxylic acids is 1. The van der Waals surface area contributed by atoms with Gasteiger partial charge in [0.15, 0.2) is 0 Å². The average Bonchev–Trinajstić information content (AvgIpc) is 2.16. The lowest BCUT2D eigenvalue weighted by molar-refractivity contribution is -0.150. The first-order valence-electron chi connectivity index (χ1n) is 5.44. The van der Waals surface area contributed by atoms with Crippen molar-refractivity contribution in [3.63, 3.8) is 0 Å². The van der Waals surface area contributed by atoms with Gasteiger partial charge in [-0.05, 0) is 37.2 Å². The van der Waals surface area contributed by atoms with Crippen LogP contribution in [0.1, 0.15) is 40.0 Å². The van der Waals surface area contributed by atoms with Gasteiger partial charge in [0.05, 0.1) is 0 Å². The van der Waals surface area contributed by atoms with Gasteiger partial charge in [-0.25, -0.2) is 4.79 Å². The Morgan fingerprint density at radius 1 is 1.67 bits per heavy atom. The van der Waals surface area contributed by atoms with Crippen molar-refractivity contribution in [3.8, 4) is 0 Å². The van der Waals surface area contributed by atoms with E-state index in [4.69, 9.17) is 9.84 Å². The van der Waals surface area contributed by atoms with E-state index in [-0.39, 0.29) is 6.10 Å². The molecular weight excluding hydrogens is 192 g/mol. The van der Waals surface area contributed by atoms with Gasteiger partial charge in [0.1, 0.15) is 12.7 Å². The normalized spacial score (nSPS) is 21.7. The quantitative estimate of drug-likeness (QED) is 0.575. The van der Waals surface area contributed by atoms with E-state index in [0.29, 0.717) is 5.41 Å². The number of esters is 1. The molecule has 0 radical (unpaired) electrons. The molecule has 1 aliphatic carbocycles. The molecule has 0 saturated heterocycles. The molecule has 0 aromatic heterocycles. The van der Waals surface area contributed by atoms with Crippen LogP contribution in [0.3, 0.4) is 0 Å². The summed E-state index contributed by atoms with van der Waals surface area (Å²) >= 11 is 0. The van der Waals surface area contributed by atoms with Gasteiger partial charge in [-0.15, -0.1) is 0 Å². The predicted octanol–water partition coefficient (Wildman–Crippen LogP) is 2.05. The molecule has 1 atom stereocenters. The number of ether oxygens (including phenoxy) is 1. The molecule has 0 saturated carbocycles. The number of hydrogen-bond acceptors (Lipinski definition) is 3. The van der Waals surface area contributed by atoms with E-state index in [1.165, 1.54) is 12.0 Å². The molecule has 3 nitrogen and oxygen atoms in total. The summed E-state index contributed by atoms with van der Waals surface area (Å²) in [4.78, 5) is 10.9. The zero-order valence-electron chi connectivity index (χ0n) is 9.75. The van der Waals surface area contributed by atoms with Gasteiger partial charge in [-0.2, -0.15) is 0 Å². The number of aliphatic hydroxyl groups is 1. The van der Waals surface area contributed by atoms with E-state index in [2.05, 4.69) is 19.9 Å². The van der Waals surface area contributed by atoms with Crippen molar-refractivity contribution in [2.75, 3.05) is 6.61 Å². The molecule has 0 aromatic carbocycles. The second-order valence-corrected chi connectivity index (χ2v) is 4.95. The molecule has 0 bridgehead atoms. The molecule has 1 unspecified atom stereocenters. The van der Waals surface area contributed by atoms with E-state index in [1.807, 2.05) is 6.92 Å². The highest BCUT2D eigenvalue weighted by Gasteiger charge is 2.26. The Bertz CT molecular complexity index is 266. The number of rotatable bonds is 3. The molecule has 1 rings (SSSR count). The first-order valence-corrected chi connectivity index (χ1v) is 5.44. The molecule has 0 heterocycles. The summed E-state index contributed by atoms with van der Waals surface area (Å²) < 4.78 is 5.08. The van der Waals surface area contributed by atoms with Gasteiger partial charge in [0.2, 0.25) is 0 Å². The Labute approximate surface area is 91.1 Å². The third kappa shape index (κ3) is 3.67. The smallest absolute Gasteiger partial charge is 0.332 e. The molecule has 86 valence electrons. The van der Waals surface area contributed by atoms with Crippen LogP contribution in [0.2, 0.25) is 0 Å². The average molecular weight is 212 g/mol. The third-order valence-electron chi connectivity index (χ3n) is 2.87. The second kappa shape index (κ2) is 4.79. The van der Waals surface area contributed by atoms with E-state index in [1.54, 1.807) is 0 Å². The molecule has 1 aliphatic rings. The minimum absolute atomic E-state index is 0.204. The zero-order valence-corrected chi connectivity index (χ0v) is 9.75. The Balaban J connectivity index is 2.56. The lowest BCUT2D eigenvalue weighted by Crippen LogP contribution is -2.25. The van der Waals surface area contributed by atoms with Crippen LogP contribution in [-0.4, -0.2) is 23.8 Å². The van der Waals surface area contributed by atoms with Crippen LogP contribution in [0.15, 0.2) is 11.6 Å². The molecule has 1 N–H and O–H groups in total. The summed E-state index contributed by atoms with van der Waals surface area (Å²) in [5.41, 5.74) is 1.47. The van der Waals surface area contributed by atoms with E-state index < -0.39 is 12.6 Å². The molecular formula is C12H20O3. The summed E-state index contributed by atoms with van der Waals surface area (Å²) in [6.07, 6.45) is 5.14. The van der Waals surface area contributed by atoms with Crippen molar-refractivity contribution < 1.29 is 14.6 Å². The topological polar surface area (TPSA) is 46.5 Å². The van der Waals surface area contributed by atoms with Crippen molar-refractivity contribution in [1.82, 2.24) is 0 Å². The molecule has 0 fully saturated rings. The number of hydrogen-bond donors (Lipinski definition) is 1. The van der Waals surface area contributed by atoms with Gasteiger partial charge in [-0.3, -0.25) is 0 Å². The fraction of sp³-hybridized carbons (Fsp3) is 0.750. The van der Waals surface area contributed by atoms with Gasteiger partial charge < -0.3 is 9.84 Å². The van der Waals surface area contributed by atoms with Crippen LogP contribution in [0, 0.1) is 5.41 Å². The highest BCUT2D eigenvalue weighted by atomic mass is 16.6. The van der Waals surface area contributed by atoms with Crippen LogP contribution in [0.25, 0.3) is 0 Å². The predicted molar refractivity (Wildman–Crippen MR) is 58.4 cm³/mol. The lowest BCUT2D eigenvalue weighted by Gasteiger charge is -2.31. The van der Waals surface area contributed by atoms with E-state index >= 15 is 0 Å². The maximum Gasteiger partial charge on any atom is 0.332 e. The van der Waals surface area contributed by atoms with Gasteiger partial charge in [0.25, 0.3) is 0 Å². The summed E-state index contributed by atoms with van der Waals surface area (Å²) in [5.74, 6) is -0.549. The van der Waals surface area contributed by atoms with Crippen LogP contribution in [0.4, 0.5) is 0 Å². The molecule has 0 aliphatic heterocycles. The maximum atomic E-state index is 10.9. The molecule has 0 aromatic rings. The Hall–Kier alpha value is -0.830. The minimum Gasteiger partial charge on any atom is -0.456 e. The van der Waals surface area contributed by atoms with E-state index in [0.717, 1.165) is 12.8 Å². The van der Waals surface area contributed by atoms with Crippen molar-refractivity contribution in [2.45, 2.75) is 46.1 Å². The monoisotopic (exact) mass is 212 g/mol. The van der Waals surface area contributed by atoms with Crippen molar-refractivity contribution in [2.24, 2.45) is 5.41 Å². The van der Waals surface area contributed by atoms with E-state index in [9.17, 15) is 4.79 Å². The standard InChI is InChI=1S/C12H20O3/c1-9(15-11(14)8-13)10-5-4-6-12(2,3)7-10/h5,9,13H,4,6-8H2,1-3H3. The van der Waals surface area contributed by atoms with Gasteiger partial charge in [-0.1, -0.05) is 19.9 Å². The number of allylic oxidation sites excluding steroid dienone is 1. The molecule has 3 heteroatoms. The highest BCUT2D eigenvalue weighted by molar-refractivity contribution is 5.70. The first-order chi connectivity index (χ1) is 6.94. The van der Waals surface area contributed by atoms with Crippen LogP contribution in [-0.2, 0) is 9.53 Å². The Kier molecular flexibility index (Phi) is 3.91. The van der Waals surface area contributed by atoms with Crippen LogP contribution < -0.4 is 0 Å². The summed E-state index contributed by atoms with van der Waals surface area (Å²) in [5, 5.41) is 8.59. The largest absolute Gasteiger partial charge is 0.456 e. The van der Waals surface area contributed by atoms with Gasteiger partial charge in [0, 0.05) is 0 Å². The Morgan fingerprint density at radius 2 is 2.33 bits per heavy atom. The van der Waals surface area contributed by atoms with Gasteiger partial charge >= 0.3 is 5.97 Å². The lowest BCUT2D eigenvalue weighted by atomic mass is 9.76. The fourth-order valence-electron chi connectivity index (χ4n) is 1.98. The third-order valence-corrected chi connectivity index (χ3v) is 2.87. The number of aliphatic hydroxyl groups excluding tert-OH is 1. The second-order valence-electron chi connectivity index (χ2n) is 4.95. The van der Waals surface area contributed by atoms with Crippen LogP contribution >= 0.6 is 0 Å². The van der Waals surface area contributed by atoms with Crippen molar-refractivity contribution >= 4 is 5.97 Å². The summed E-state index contributed by atoms with van der Waals surface area (Å²) in [6.45, 7) is 5.77. The first kappa shape index (κ1) is 12.2. The van der Waals surface area contributed by atoms with Crippen molar-refractivity contribution in [1.29, 1.82) is 0 Å². The zero-order chi connectivity index (χ0) is 11.5. The molecule has 0 spiro atoms. The summed E-state index contributed by atoms with van der Waals surface area (Å²) in [7, 11) is 0. The fourth-order valence-corrected chi connectivity index (χ4v) is 1.98. The SMILES string of the molecule is CC(OC(=O)CO)C1=CCCC(C)(C)C1. The van der Waals surface area contributed by atoms with Crippen LogP contribution in [0.5, 0.6) is 0 Å². The van der Waals surface area contributed by atoms with Crippen molar-refractivity contribution in [3.05, 3.63) is 11.6 Å². The molecule has 15 heavy (non-hydrogen) atoms. The highest BCUT2D eigenvalue weighted by Crippen LogP contribution is 2.36. The maximum absolute atomic E-state index is 10.9. The minimum atomic E-state index is -0.549. The molecule has 0 amide bonds. The Morgan fingerprint density at radius 3 is 2.87 bits per heavy atom. The number of carbonyl (C=O) groups is 1. The summed E-state index contributed by atoms with van der Waals surface area (Å²) in [6, 6.07) is 0.